The van der Waals surface area contributed by atoms with E-state index in [0.717, 1.165) is 17.7 Å². The first-order valence-electron chi connectivity index (χ1n) is 6.69. The summed E-state index contributed by atoms with van der Waals surface area (Å²) in [6, 6.07) is 5.49. The SMILES string of the molecule is CCC(CC)(CCl)CNC(=O)c1cc(SC)ccc1Cl. The van der Waals surface area contributed by atoms with Gasteiger partial charge in [-0.25, -0.2) is 0 Å². The van der Waals surface area contributed by atoms with Crippen LogP contribution in [0.15, 0.2) is 23.1 Å². The predicted molar refractivity (Wildman–Crippen MR) is 89.3 cm³/mol. The lowest BCUT2D eigenvalue weighted by atomic mass is 9.84. The Morgan fingerprint density at radius 1 is 1.35 bits per heavy atom. The standard InChI is InChI=1S/C15H21Cl2NOS/c1-4-15(5-2,9-16)10-18-14(19)12-8-11(20-3)6-7-13(12)17/h6-8H,4-5,9-10H2,1-3H3,(H,18,19). The van der Waals surface area contributed by atoms with E-state index in [9.17, 15) is 4.79 Å². The molecular weight excluding hydrogens is 313 g/mol. The topological polar surface area (TPSA) is 29.1 Å². The second kappa shape index (κ2) is 8.16. The Labute approximate surface area is 135 Å². The summed E-state index contributed by atoms with van der Waals surface area (Å²) in [5, 5.41) is 3.44. The molecule has 0 heterocycles. The fourth-order valence-electron chi connectivity index (χ4n) is 1.90. The largest absolute Gasteiger partial charge is 0.351 e. The molecule has 0 aliphatic carbocycles. The van der Waals surface area contributed by atoms with Crippen molar-refractivity contribution in [2.24, 2.45) is 5.41 Å². The molecule has 0 saturated carbocycles. The summed E-state index contributed by atoms with van der Waals surface area (Å²) in [4.78, 5) is 13.3. The van der Waals surface area contributed by atoms with E-state index >= 15 is 0 Å². The van der Waals surface area contributed by atoms with Gasteiger partial charge in [0, 0.05) is 22.7 Å². The quantitative estimate of drug-likeness (QED) is 0.571. The zero-order valence-corrected chi connectivity index (χ0v) is 14.5. The molecule has 20 heavy (non-hydrogen) atoms. The number of hydrogen-bond donors (Lipinski definition) is 1. The third kappa shape index (κ3) is 4.31. The maximum Gasteiger partial charge on any atom is 0.252 e. The van der Waals surface area contributed by atoms with Crippen LogP contribution in [0.1, 0.15) is 37.0 Å². The van der Waals surface area contributed by atoms with Crippen molar-refractivity contribution >= 4 is 40.9 Å². The molecule has 0 unspecified atom stereocenters. The molecule has 1 aromatic carbocycles. The van der Waals surface area contributed by atoms with Gasteiger partial charge in [0.2, 0.25) is 0 Å². The highest BCUT2D eigenvalue weighted by Gasteiger charge is 2.26. The van der Waals surface area contributed by atoms with Gasteiger partial charge in [-0.1, -0.05) is 25.4 Å². The Morgan fingerprint density at radius 3 is 2.50 bits per heavy atom. The van der Waals surface area contributed by atoms with E-state index in [2.05, 4.69) is 19.2 Å². The normalized spacial score (nSPS) is 11.4. The minimum absolute atomic E-state index is 0.0409. The molecule has 0 saturated heterocycles. The van der Waals surface area contributed by atoms with Crippen LogP contribution < -0.4 is 5.32 Å². The molecule has 1 aromatic rings. The van der Waals surface area contributed by atoms with Crippen molar-refractivity contribution in [3.8, 4) is 0 Å². The van der Waals surface area contributed by atoms with E-state index in [1.807, 2.05) is 18.4 Å². The van der Waals surface area contributed by atoms with Crippen LogP contribution in [0.25, 0.3) is 0 Å². The molecular formula is C15H21Cl2NOS. The number of alkyl halides is 1. The van der Waals surface area contributed by atoms with Crippen LogP contribution in [-0.4, -0.2) is 24.6 Å². The Balaban J connectivity index is 2.81. The van der Waals surface area contributed by atoms with Crippen LogP contribution in [0.2, 0.25) is 5.02 Å². The molecule has 0 atom stereocenters. The molecule has 0 aromatic heterocycles. The highest BCUT2D eigenvalue weighted by atomic mass is 35.5. The van der Waals surface area contributed by atoms with Crippen LogP contribution in [-0.2, 0) is 0 Å². The van der Waals surface area contributed by atoms with E-state index in [4.69, 9.17) is 23.2 Å². The molecule has 1 N–H and O–H groups in total. The molecule has 1 amide bonds. The number of rotatable bonds is 7. The molecule has 0 aliphatic heterocycles. The molecule has 0 fully saturated rings. The fraction of sp³-hybridized carbons (Fsp3) is 0.533. The molecule has 0 radical (unpaired) electrons. The number of nitrogens with one attached hydrogen (secondary N) is 1. The summed E-state index contributed by atoms with van der Waals surface area (Å²) >= 11 is 13.7. The van der Waals surface area contributed by atoms with E-state index < -0.39 is 0 Å². The molecule has 112 valence electrons. The average molecular weight is 334 g/mol. The smallest absolute Gasteiger partial charge is 0.252 e. The van der Waals surface area contributed by atoms with Crippen molar-refractivity contribution in [2.75, 3.05) is 18.7 Å². The molecule has 5 heteroatoms. The van der Waals surface area contributed by atoms with Crippen molar-refractivity contribution in [3.05, 3.63) is 28.8 Å². The second-order valence-corrected chi connectivity index (χ2v) is 6.42. The summed E-state index contributed by atoms with van der Waals surface area (Å²) in [7, 11) is 0. The Hall–Kier alpha value is -0.380. The third-order valence-electron chi connectivity index (χ3n) is 3.83. The van der Waals surface area contributed by atoms with Gasteiger partial charge < -0.3 is 5.32 Å². The van der Waals surface area contributed by atoms with Crippen molar-refractivity contribution in [1.29, 1.82) is 0 Å². The highest BCUT2D eigenvalue weighted by Crippen LogP contribution is 2.28. The Kier molecular flexibility index (Phi) is 7.21. The average Bonchev–Trinajstić information content (AvgIpc) is 2.49. The van der Waals surface area contributed by atoms with Gasteiger partial charge in [0.1, 0.15) is 0 Å². The Morgan fingerprint density at radius 2 is 2.00 bits per heavy atom. The van der Waals surface area contributed by atoms with Gasteiger partial charge in [-0.15, -0.1) is 23.4 Å². The lowest BCUT2D eigenvalue weighted by Gasteiger charge is -2.29. The van der Waals surface area contributed by atoms with E-state index in [0.29, 0.717) is 23.0 Å². The van der Waals surface area contributed by atoms with Gasteiger partial charge in [0.05, 0.1) is 10.6 Å². The second-order valence-electron chi connectivity index (χ2n) is 4.87. The van der Waals surface area contributed by atoms with Crippen LogP contribution >= 0.6 is 35.0 Å². The molecule has 1 rings (SSSR count). The zero-order valence-electron chi connectivity index (χ0n) is 12.1. The minimum atomic E-state index is -0.137. The molecule has 2 nitrogen and oxygen atoms in total. The molecule has 0 spiro atoms. The van der Waals surface area contributed by atoms with Crippen LogP contribution in [0, 0.1) is 5.41 Å². The summed E-state index contributed by atoms with van der Waals surface area (Å²) in [5.41, 5.74) is 0.482. The van der Waals surface area contributed by atoms with Gasteiger partial charge in [0.15, 0.2) is 0 Å². The number of halogens is 2. The monoisotopic (exact) mass is 333 g/mol. The predicted octanol–water partition coefficient (Wildman–Crippen LogP) is 4.84. The third-order valence-corrected chi connectivity index (χ3v) is 5.45. The highest BCUT2D eigenvalue weighted by molar-refractivity contribution is 7.98. The van der Waals surface area contributed by atoms with Gasteiger partial charge in [-0.2, -0.15) is 0 Å². The zero-order chi connectivity index (χ0) is 15.2. The Bertz CT molecular complexity index is 453. The maximum atomic E-state index is 12.3. The van der Waals surface area contributed by atoms with Crippen molar-refractivity contribution in [3.63, 3.8) is 0 Å². The van der Waals surface area contributed by atoms with Crippen molar-refractivity contribution < 1.29 is 4.79 Å². The maximum absolute atomic E-state index is 12.3. The van der Waals surface area contributed by atoms with Crippen LogP contribution in [0.5, 0.6) is 0 Å². The van der Waals surface area contributed by atoms with E-state index in [1.54, 1.807) is 17.8 Å². The lowest BCUT2D eigenvalue weighted by molar-refractivity contribution is 0.0931. The lowest BCUT2D eigenvalue weighted by Crippen LogP contribution is -2.38. The van der Waals surface area contributed by atoms with Gasteiger partial charge in [-0.3, -0.25) is 4.79 Å². The van der Waals surface area contributed by atoms with Crippen molar-refractivity contribution in [2.45, 2.75) is 31.6 Å². The first-order chi connectivity index (χ1) is 9.51. The first kappa shape index (κ1) is 17.7. The van der Waals surface area contributed by atoms with Gasteiger partial charge >= 0.3 is 0 Å². The molecule has 0 aliphatic rings. The fourth-order valence-corrected chi connectivity index (χ4v) is 3.02. The van der Waals surface area contributed by atoms with Gasteiger partial charge in [0.25, 0.3) is 5.91 Å². The van der Waals surface area contributed by atoms with E-state index in [1.165, 1.54) is 0 Å². The van der Waals surface area contributed by atoms with Crippen LogP contribution in [0.4, 0.5) is 0 Å². The summed E-state index contributed by atoms with van der Waals surface area (Å²) in [5.74, 6) is 0.404. The molecule has 0 bridgehead atoms. The van der Waals surface area contributed by atoms with E-state index in [-0.39, 0.29) is 11.3 Å². The first-order valence-corrected chi connectivity index (χ1v) is 8.83. The number of benzene rings is 1. The number of carbonyl (C=O) groups is 1. The van der Waals surface area contributed by atoms with Crippen LogP contribution in [0.3, 0.4) is 0 Å². The number of thioether (sulfide) groups is 1. The van der Waals surface area contributed by atoms with Gasteiger partial charge in [-0.05, 0) is 37.3 Å². The number of amides is 1. The number of hydrogen-bond acceptors (Lipinski definition) is 2. The number of carbonyl (C=O) groups excluding carboxylic acids is 1. The minimum Gasteiger partial charge on any atom is -0.351 e. The summed E-state index contributed by atoms with van der Waals surface area (Å²) < 4.78 is 0. The summed E-state index contributed by atoms with van der Waals surface area (Å²) in [6.45, 7) is 4.76. The summed E-state index contributed by atoms with van der Waals surface area (Å²) in [6.07, 6.45) is 3.84. The van der Waals surface area contributed by atoms with Crippen molar-refractivity contribution in [1.82, 2.24) is 5.32 Å².